The summed E-state index contributed by atoms with van der Waals surface area (Å²) in [5.74, 6) is 1.35. The number of hydrogen-bond acceptors (Lipinski definition) is 4. The number of hydrogen-bond donors (Lipinski definition) is 2. The van der Waals surface area contributed by atoms with Gasteiger partial charge in [0.25, 0.3) is 0 Å². The van der Waals surface area contributed by atoms with Gasteiger partial charge in [-0.2, -0.15) is 5.10 Å². The Morgan fingerprint density at radius 2 is 1.94 bits per heavy atom. The van der Waals surface area contributed by atoms with Gasteiger partial charge in [-0.05, 0) is 31.8 Å². The van der Waals surface area contributed by atoms with Crippen molar-refractivity contribution in [2.45, 2.75) is 6.54 Å². The number of methoxy groups -OCH3 is 1. The van der Waals surface area contributed by atoms with E-state index in [0.29, 0.717) is 5.82 Å². The van der Waals surface area contributed by atoms with E-state index in [1.54, 1.807) is 7.11 Å². The zero-order valence-electron chi connectivity index (χ0n) is 10.9. The highest BCUT2D eigenvalue weighted by Gasteiger charge is 2.13. The van der Waals surface area contributed by atoms with E-state index in [4.69, 9.17) is 10.5 Å². The molecule has 0 bridgehead atoms. The predicted molar refractivity (Wildman–Crippen MR) is 72.4 cm³/mol. The lowest BCUT2D eigenvalue weighted by molar-refractivity contribution is 0.397. The number of ether oxygens (including phenoxy) is 1. The zero-order chi connectivity index (χ0) is 13.1. The van der Waals surface area contributed by atoms with Gasteiger partial charge in [-0.25, -0.2) is 0 Å². The second-order valence-electron chi connectivity index (χ2n) is 4.43. The second-order valence-corrected chi connectivity index (χ2v) is 4.43. The summed E-state index contributed by atoms with van der Waals surface area (Å²) in [6.07, 6.45) is 0. The fourth-order valence-corrected chi connectivity index (χ4v) is 1.90. The summed E-state index contributed by atoms with van der Waals surface area (Å²) in [6.45, 7) is 0.769. The molecular formula is C13H18N4O. The summed E-state index contributed by atoms with van der Waals surface area (Å²) in [6, 6.07) is 7.81. The Morgan fingerprint density at radius 1 is 1.28 bits per heavy atom. The molecule has 0 aliphatic carbocycles. The van der Waals surface area contributed by atoms with Gasteiger partial charge in [-0.15, -0.1) is 0 Å². The fraction of sp³-hybridized carbons (Fsp3) is 0.308. The van der Waals surface area contributed by atoms with Crippen LogP contribution < -0.4 is 10.5 Å². The number of benzene rings is 1. The van der Waals surface area contributed by atoms with Crippen molar-refractivity contribution < 1.29 is 4.74 Å². The van der Waals surface area contributed by atoms with Crippen molar-refractivity contribution in [3.8, 4) is 16.9 Å². The van der Waals surface area contributed by atoms with E-state index in [2.05, 4.69) is 15.1 Å². The topological polar surface area (TPSA) is 67.2 Å². The molecule has 0 fully saturated rings. The summed E-state index contributed by atoms with van der Waals surface area (Å²) in [7, 11) is 5.67. The lowest BCUT2D eigenvalue weighted by atomic mass is 10.1. The molecule has 0 aliphatic rings. The molecule has 0 saturated heterocycles. The van der Waals surface area contributed by atoms with E-state index in [1.165, 1.54) is 0 Å². The molecule has 0 amide bonds. The van der Waals surface area contributed by atoms with Crippen LogP contribution in [-0.2, 0) is 6.54 Å². The monoisotopic (exact) mass is 246 g/mol. The first-order valence-corrected chi connectivity index (χ1v) is 5.73. The molecule has 5 heteroatoms. The van der Waals surface area contributed by atoms with Crippen LogP contribution in [-0.4, -0.2) is 36.3 Å². The quantitative estimate of drug-likeness (QED) is 0.862. The maximum atomic E-state index is 5.93. The van der Waals surface area contributed by atoms with Crippen molar-refractivity contribution in [3.63, 3.8) is 0 Å². The lowest BCUT2D eigenvalue weighted by Crippen LogP contribution is -2.11. The highest BCUT2D eigenvalue weighted by molar-refractivity contribution is 5.76. The van der Waals surface area contributed by atoms with Gasteiger partial charge < -0.3 is 15.4 Å². The van der Waals surface area contributed by atoms with Crippen LogP contribution in [0.3, 0.4) is 0 Å². The number of nitrogens with zero attached hydrogens (tertiary/aromatic N) is 2. The smallest absolute Gasteiger partial charge is 0.153 e. The minimum Gasteiger partial charge on any atom is -0.497 e. The Kier molecular flexibility index (Phi) is 3.53. The maximum Gasteiger partial charge on any atom is 0.153 e. The number of anilines is 1. The molecule has 96 valence electrons. The average Bonchev–Trinajstić information content (AvgIpc) is 2.70. The van der Waals surface area contributed by atoms with Crippen molar-refractivity contribution in [2.75, 3.05) is 26.9 Å². The van der Waals surface area contributed by atoms with Crippen LogP contribution in [0, 0.1) is 0 Å². The second kappa shape index (κ2) is 5.10. The van der Waals surface area contributed by atoms with Crippen LogP contribution in [0.15, 0.2) is 24.3 Å². The van der Waals surface area contributed by atoms with Crippen LogP contribution in [0.4, 0.5) is 5.82 Å². The standard InChI is InChI=1S/C13H18N4O/c1-17(2)8-11-12(13(14)16-15-11)9-4-6-10(18-3)7-5-9/h4-7H,8H2,1-3H3,(H3,14,15,16). The first-order chi connectivity index (χ1) is 8.61. The highest BCUT2D eigenvalue weighted by atomic mass is 16.5. The Balaban J connectivity index is 2.39. The van der Waals surface area contributed by atoms with Gasteiger partial charge in [-0.3, -0.25) is 5.10 Å². The largest absolute Gasteiger partial charge is 0.497 e. The van der Waals surface area contributed by atoms with E-state index in [1.807, 2.05) is 38.4 Å². The Bertz CT molecular complexity index is 516. The minimum absolute atomic E-state index is 0.525. The van der Waals surface area contributed by atoms with Gasteiger partial charge in [0.05, 0.1) is 12.8 Å². The summed E-state index contributed by atoms with van der Waals surface area (Å²) in [5, 5.41) is 7.07. The summed E-state index contributed by atoms with van der Waals surface area (Å²) < 4.78 is 5.15. The van der Waals surface area contributed by atoms with Crippen molar-refractivity contribution >= 4 is 5.82 Å². The molecule has 0 radical (unpaired) electrons. The van der Waals surface area contributed by atoms with Crippen LogP contribution in [0.5, 0.6) is 5.75 Å². The van der Waals surface area contributed by atoms with Crippen LogP contribution in [0.2, 0.25) is 0 Å². The molecule has 0 unspecified atom stereocenters. The number of nitrogens with one attached hydrogen (secondary N) is 1. The number of nitrogen functional groups attached to an aromatic ring is 1. The molecule has 0 spiro atoms. The first-order valence-electron chi connectivity index (χ1n) is 5.73. The predicted octanol–water partition coefficient (Wildman–Crippen LogP) is 1.73. The van der Waals surface area contributed by atoms with Crippen LogP contribution >= 0.6 is 0 Å². The molecule has 0 atom stereocenters. The van der Waals surface area contributed by atoms with Gasteiger partial charge in [-0.1, -0.05) is 12.1 Å². The molecule has 2 aromatic rings. The molecule has 18 heavy (non-hydrogen) atoms. The summed E-state index contributed by atoms with van der Waals surface area (Å²) in [5.41, 5.74) is 8.95. The first kappa shape index (κ1) is 12.4. The van der Waals surface area contributed by atoms with E-state index in [9.17, 15) is 0 Å². The maximum absolute atomic E-state index is 5.93. The van der Waals surface area contributed by atoms with E-state index in [0.717, 1.165) is 29.1 Å². The van der Waals surface area contributed by atoms with Gasteiger partial charge in [0.2, 0.25) is 0 Å². The van der Waals surface area contributed by atoms with E-state index >= 15 is 0 Å². The van der Waals surface area contributed by atoms with Crippen molar-refractivity contribution in [1.29, 1.82) is 0 Å². The van der Waals surface area contributed by atoms with E-state index < -0.39 is 0 Å². The summed E-state index contributed by atoms with van der Waals surface area (Å²) in [4.78, 5) is 2.07. The number of aromatic nitrogens is 2. The fourth-order valence-electron chi connectivity index (χ4n) is 1.90. The minimum atomic E-state index is 0.525. The molecule has 0 saturated carbocycles. The summed E-state index contributed by atoms with van der Waals surface area (Å²) >= 11 is 0. The third kappa shape index (κ3) is 2.46. The van der Waals surface area contributed by atoms with Gasteiger partial charge >= 0.3 is 0 Å². The number of nitrogens with two attached hydrogens (primary N) is 1. The third-order valence-electron chi connectivity index (χ3n) is 2.72. The van der Waals surface area contributed by atoms with E-state index in [-0.39, 0.29) is 0 Å². The Hall–Kier alpha value is -2.01. The molecule has 1 heterocycles. The van der Waals surface area contributed by atoms with Gasteiger partial charge in [0.1, 0.15) is 5.75 Å². The molecule has 5 nitrogen and oxygen atoms in total. The third-order valence-corrected chi connectivity index (χ3v) is 2.72. The van der Waals surface area contributed by atoms with Gasteiger partial charge in [0, 0.05) is 12.1 Å². The molecule has 0 aliphatic heterocycles. The molecule has 1 aromatic carbocycles. The zero-order valence-corrected chi connectivity index (χ0v) is 10.9. The Morgan fingerprint density at radius 3 is 2.50 bits per heavy atom. The number of aromatic amines is 1. The number of H-pyrrole nitrogens is 1. The molecule has 2 rings (SSSR count). The molecule has 3 N–H and O–H groups in total. The van der Waals surface area contributed by atoms with Crippen molar-refractivity contribution in [2.24, 2.45) is 0 Å². The van der Waals surface area contributed by atoms with Crippen molar-refractivity contribution in [3.05, 3.63) is 30.0 Å². The van der Waals surface area contributed by atoms with Gasteiger partial charge in [0.15, 0.2) is 5.82 Å². The molecular weight excluding hydrogens is 228 g/mol. The average molecular weight is 246 g/mol. The van der Waals surface area contributed by atoms with Crippen molar-refractivity contribution in [1.82, 2.24) is 15.1 Å². The highest BCUT2D eigenvalue weighted by Crippen LogP contribution is 2.29. The number of rotatable bonds is 4. The van der Waals surface area contributed by atoms with Crippen LogP contribution in [0.1, 0.15) is 5.69 Å². The SMILES string of the molecule is COc1ccc(-c2c(N)n[nH]c2CN(C)C)cc1. The molecule has 1 aromatic heterocycles. The Labute approximate surface area is 107 Å². The van der Waals surface area contributed by atoms with Crippen LogP contribution in [0.25, 0.3) is 11.1 Å². The normalized spacial score (nSPS) is 10.9. The lowest BCUT2D eigenvalue weighted by Gasteiger charge is -2.10.